The highest BCUT2D eigenvalue weighted by molar-refractivity contribution is 7.98. The number of rotatable bonds is 2. The van der Waals surface area contributed by atoms with E-state index in [9.17, 15) is 5.11 Å². The van der Waals surface area contributed by atoms with Crippen LogP contribution in [0.25, 0.3) is 11.1 Å². The van der Waals surface area contributed by atoms with E-state index in [1.165, 1.54) is 10.5 Å². The number of phenols is 1. The SMILES string of the molecule is CSc1cccc(-c2ccc(O)c(C)c2)c1. The molecule has 0 heterocycles. The molecule has 0 aliphatic carbocycles. The lowest BCUT2D eigenvalue weighted by Gasteiger charge is -2.06. The summed E-state index contributed by atoms with van der Waals surface area (Å²) in [5.74, 6) is 0.352. The summed E-state index contributed by atoms with van der Waals surface area (Å²) in [5, 5.41) is 9.49. The number of hydrogen-bond donors (Lipinski definition) is 1. The molecule has 1 N–H and O–H groups in total. The zero-order valence-electron chi connectivity index (χ0n) is 9.40. The van der Waals surface area contributed by atoms with Crippen molar-refractivity contribution in [2.24, 2.45) is 0 Å². The average Bonchev–Trinajstić information content (AvgIpc) is 2.33. The van der Waals surface area contributed by atoms with Crippen molar-refractivity contribution < 1.29 is 5.11 Å². The summed E-state index contributed by atoms with van der Waals surface area (Å²) >= 11 is 1.74. The largest absolute Gasteiger partial charge is 0.508 e. The fraction of sp³-hybridized carbons (Fsp3) is 0.143. The van der Waals surface area contributed by atoms with Crippen LogP contribution in [0, 0.1) is 6.92 Å². The van der Waals surface area contributed by atoms with Gasteiger partial charge in [0.25, 0.3) is 0 Å². The van der Waals surface area contributed by atoms with Crippen molar-refractivity contribution in [2.75, 3.05) is 6.26 Å². The fourth-order valence-electron chi connectivity index (χ4n) is 1.64. The second kappa shape index (κ2) is 4.62. The van der Waals surface area contributed by atoms with Crippen LogP contribution in [0.1, 0.15) is 5.56 Å². The number of aryl methyl sites for hydroxylation is 1. The summed E-state index contributed by atoms with van der Waals surface area (Å²) in [6.45, 7) is 1.91. The molecule has 0 radical (unpaired) electrons. The third-order valence-corrected chi connectivity index (χ3v) is 3.33. The predicted molar refractivity (Wildman–Crippen MR) is 70.1 cm³/mol. The Labute approximate surface area is 100 Å². The van der Waals surface area contributed by atoms with Crippen LogP contribution in [-0.4, -0.2) is 11.4 Å². The maximum atomic E-state index is 9.49. The first kappa shape index (κ1) is 11.1. The Hall–Kier alpha value is -1.41. The Bertz CT molecular complexity index is 506. The summed E-state index contributed by atoms with van der Waals surface area (Å²) in [6.07, 6.45) is 2.07. The molecule has 0 fully saturated rings. The van der Waals surface area contributed by atoms with Gasteiger partial charge in [0, 0.05) is 4.90 Å². The highest BCUT2D eigenvalue weighted by atomic mass is 32.2. The molecule has 0 spiro atoms. The summed E-state index contributed by atoms with van der Waals surface area (Å²) in [7, 11) is 0. The predicted octanol–water partition coefficient (Wildman–Crippen LogP) is 4.09. The number of phenolic OH excluding ortho intramolecular Hbond substituents is 1. The summed E-state index contributed by atoms with van der Waals surface area (Å²) < 4.78 is 0. The van der Waals surface area contributed by atoms with Crippen molar-refractivity contribution in [3.63, 3.8) is 0 Å². The maximum Gasteiger partial charge on any atom is 0.118 e. The number of hydrogen-bond acceptors (Lipinski definition) is 2. The molecule has 0 bridgehead atoms. The standard InChI is InChI=1S/C14H14OS/c1-10-8-12(6-7-14(10)15)11-4-3-5-13(9-11)16-2/h3-9,15H,1-2H3. The molecular weight excluding hydrogens is 216 g/mol. The normalized spacial score (nSPS) is 10.4. The Morgan fingerprint density at radius 2 is 1.75 bits per heavy atom. The molecular formula is C14H14OS. The van der Waals surface area contributed by atoms with Crippen LogP contribution < -0.4 is 0 Å². The lowest BCUT2D eigenvalue weighted by atomic mass is 10.0. The first-order valence-electron chi connectivity index (χ1n) is 5.15. The van der Waals surface area contributed by atoms with Gasteiger partial charge in [0.05, 0.1) is 0 Å². The highest BCUT2D eigenvalue weighted by Gasteiger charge is 2.01. The van der Waals surface area contributed by atoms with Gasteiger partial charge in [0.15, 0.2) is 0 Å². The molecule has 1 nitrogen and oxygen atoms in total. The zero-order chi connectivity index (χ0) is 11.5. The molecule has 0 aromatic heterocycles. The first-order chi connectivity index (χ1) is 7.70. The number of benzene rings is 2. The van der Waals surface area contributed by atoms with Crippen molar-refractivity contribution in [1.29, 1.82) is 0 Å². The van der Waals surface area contributed by atoms with Crippen LogP contribution in [-0.2, 0) is 0 Å². The maximum absolute atomic E-state index is 9.49. The minimum atomic E-state index is 0.352. The molecule has 0 aliphatic rings. The molecule has 2 aromatic carbocycles. The van der Waals surface area contributed by atoms with E-state index < -0.39 is 0 Å². The van der Waals surface area contributed by atoms with Crippen LogP contribution in [0.3, 0.4) is 0 Å². The number of aromatic hydroxyl groups is 1. The van der Waals surface area contributed by atoms with Crippen LogP contribution in [0.4, 0.5) is 0 Å². The minimum Gasteiger partial charge on any atom is -0.508 e. The molecule has 0 saturated heterocycles. The molecule has 2 rings (SSSR count). The average molecular weight is 230 g/mol. The van der Waals surface area contributed by atoms with Crippen LogP contribution >= 0.6 is 11.8 Å². The van der Waals surface area contributed by atoms with Crippen molar-refractivity contribution in [3.05, 3.63) is 48.0 Å². The van der Waals surface area contributed by atoms with Crippen LogP contribution in [0.2, 0.25) is 0 Å². The summed E-state index contributed by atoms with van der Waals surface area (Å²) in [6, 6.07) is 14.1. The Morgan fingerprint density at radius 1 is 1.00 bits per heavy atom. The summed E-state index contributed by atoms with van der Waals surface area (Å²) in [4.78, 5) is 1.25. The number of thioether (sulfide) groups is 1. The van der Waals surface area contributed by atoms with Gasteiger partial charge < -0.3 is 5.11 Å². The Kier molecular flexibility index (Phi) is 3.20. The third-order valence-electron chi connectivity index (χ3n) is 2.60. The molecule has 0 saturated carbocycles. The fourth-order valence-corrected chi connectivity index (χ4v) is 2.10. The smallest absolute Gasteiger partial charge is 0.118 e. The van der Waals surface area contributed by atoms with Crippen molar-refractivity contribution in [1.82, 2.24) is 0 Å². The quantitative estimate of drug-likeness (QED) is 0.784. The van der Waals surface area contributed by atoms with Crippen molar-refractivity contribution in [3.8, 4) is 16.9 Å². The molecule has 2 heteroatoms. The lowest BCUT2D eigenvalue weighted by molar-refractivity contribution is 0.471. The van der Waals surface area contributed by atoms with E-state index in [4.69, 9.17) is 0 Å². The van der Waals surface area contributed by atoms with Crippen LogP contribution in [0.5, 0.6) is 5.75 Å². The van der Waals surface area contributed by atoms with E-state index in [0.717, 1.165) is 11.1 Å². The molecule has 0 unspecified atom stereocenters. The van der Waals surface area contributed by atoms with E-state index in [1.807, 2.05) is 19.1 Å². The van der Waals surface area contributed by atoms with Gasteiger partial charge in [-0.15, -0.1) is 11.8 Å². The second-order valence-electron chi connectivity index (χ2n) is 3.73. The van der Waals surface area contributed by atoms with E-state index >= 15 is 0 Å². The monoisotopic (exact) mass is 230 g/mol. The molecule has 0 amide bonds. The van der Waals surface area contributed by atoms with Gasteiger partial charge >= 0.3 is 0 Å². The Morgan fingerprint density at radius 3 is 2.44 bits per heavy atom. The minimum absolute atomic E-state index is 0.352. The third kappa shape index (κ3) is 2.22. The zero-order valence-corrected chi connectivity index (χ0v) is 10.2. The first-order valence-corrected chi connectivity index (χ1v) is 6.37. The van der Waals surface area contributed by atoms with Gasteiger partial charge in [-0.1, -0.05) is 18.2 Å². The Balaban J connectivity index is 2.46. The van der Waals surface area contributed by atoms with Gasteiger partial charge in [0.1, 0.15) is 5.75 Å². The van der Waals surface area contributed by atoms with E-state index in [2.05, 4.69) is 30.5 Å². The highest BCUT2D eigenvalue weighted by Crippen LogP contribution is 2.27. The molecule has 0 aliphatic heterocycles. The summed E-state index contributed by atoms with van der Waals surface area (Å²) in [5.41, 5.74) is 3.24. The van der Waals surface area contributed by atoms with Crippen molar-refractivity contribution >= 4 is 11.8 Å². The van der Waals surface area contributed by atoms with Gasteiger partial charge in [-0.05, 0) is 54.1 Å². The topological polar surface area (TPSA) is 20.2 Å². The van der Waals surface area contributed by atoms with Gasteiger partial charge in [-0.2, -0.15) is 0 Å². The van der Waals surface area contributed by atoms with Crippen LogP contribution in [0.15, 0.2) is 47.4 Å². The second-order valence-corrected chi connectivity index (χ2v) is 4.61. The molecule has 82 valence electrons. The van der Waals surface area contributed by atoms with E-state index in [-0.39, 0.29) is 0 Å². The van der Waals surface area contributed by atoms with Gasteiger partial charge in [-0.25, -0.2) is 0 Å². The van der Waals surface area contributed by atoms with E-state index in [1.54, 1.807) is 17.8 Å². The van der Waals surface area contributed by atoms with Gasteiger partial charge in [0.2, 0.25) is 0 Å². The van der Waals surface area contributed by atoms with E-state index in [0.29, 0.717) is 5.75 Å². The van der Waals surface area contributed by atoms with Crippen molar-refractivity contribution in [2.45, 2.75) is 11.8 Å². The lowest BCUT2D eigenvalue weighted by Crippen LogP contribution is -1.81. The molecule has 2 aromatic rings. The van der Waals surface area contributed by atoms with Gasteiger partial charge in [-0.3, -0.25) is 0 Å². The molecule has 0 atom stereocenters. The molecule has 16 heavy (non-hydrogen) atoms.